The summed E-state index contributed by atoms with van der Waals surface area (Å²) in [7, 11) is 3.48. The highest BCUT2D eigenvalue weighted by atomic mass is 35.5. The van der Waals surface area contributed by atoms with Crippen molar-refractivity contribution in [2.75, 3.05) is 24.8 Å². The molecular weight excluding hydrogens is 288 g/mol. The minimum absolute atomic E-state index is 0.614. The molecule has 0 bridgehead atoms. The number of nitrogens with one attached hydrogen (secondary N) is 2. The molecule has 1 heterocycles. The number of rotatable bonds is 6. The summed E-state index contributed by atoms with van der Waals surface area (Å²) in [6.07, 6.45) is 3.41. The van der Waals surface area contributed by atoms with Crippen LogP contribution in [0.4, 0.5) is 17.3 Å². The molecule has 0 amide bonds. The zero-order valence-corrected chi connectivity index (χ0v) is 13.2. The summed E-state index contributed by atoms with van der Waals surface area (Å²) in [5, 5.41) is 6.98. The van der Waals surface area contributed by atoms with E-state index in [9.17, 15) is 0 Å². The zero-order valence-electron chi connectivity index (χ0n) is 12.4. The van der Waals surface area contributed by atoms with Gasteiger partial charge in [-0.1, -0.05) is 24.9 Å². The van der Waals surface area contributed by atoms with Crippen molar-refractivity contribution < 1.29 is 4.74 Å². The van der Waals surface area contributed by atoms with Crippen molar-refractivity contribution >= 4 is 28.9 Å². The summed E-state index contributed by atoms with van der Waals surface area (Å²) in [5.41, 5.74) is 1.80. The summed E-state index contributed by atoms with van der Waals surface area (Å²) in [5.74, 6) is 2.32. The van der Waals surface area contributed by atoms with Gasteiger partial charge < -0.3 is 15.4 Å². The first-order valence-corrected chi connectivity index (χ1v) is 7.19. The molecule has 0 fully saturated rings. The second kappa shape index (κ2) is 7.13. The van der Waals surface area contributed by atoms with E-state index in [1.54, 1.807) is 13.2 Å². The maximum Gasteiger partial charge on any atom is 0.139 e. The van der Waals surface area contributed by atoms with Gasteiger partial charge in [0, 0.05) is 18.7 Å². The van der Waals surface area contributed by atoms with E-state index in [4.69, 9.17) is 16.3 Å². The first-order chi connectivity index (χ1) is 10.2. The molecule has 2 N–H and O–H groups in total. The number of aromatic nitrogens is 2. The average Bonchev–Trinajstić information content (AvgIpc) is 2.51. The largest absolute Gasteiger partial charge is 0.497 e. The van der Waals surface area contributed by atoms with Crippen LogP contribution in [0, 0.1) is 0 Å². The van der Waals surface area contributed by atoms with Crippen LogP contribution in [0.15, 0.2) is 24.5 Å². The predicted molar refractivity (Wildman–Crippen MR) is 86.9 cm³/mol. The van der Waals surface area contributed by atoms with Gasteiger partial charge in [-0.25, -0.2) is 9.97 Å². The minimum Gasteiger partial charge on any atom is -0.497 e. The first kappa shape index (κ1) is 15.4. The Morgan fingerprint density at radius 3 is 2.67 bits per heavy atom. The summed E-state index contributed by atoms with van der Waals surface area (Å²) >= 11 is 6.23. The lowest BCUT2D eigenvalue weighted by Crippen LogP contribution is -2.05. The van der Waals surface area contributed by atoms with E-state index in [0.29, 0.717) is 5.02 Å². The lowest BCUT2D eigenvalue weighted by atomic mass is 10.1. The lowest BCUT2D eigenvalue weighted by molar-refractivity contribution is 0.415. The second-order valence-corrected chi connectivity index (χ2v) is 4.93. The number of methoxy groups -OCH3 is 1. The van der Waals surface area contributed by atoms with E-state index in [1.807, 2.05) is 19.2 Å². The summed E-state index contributed by atoms with van der Waals surface area (Å²) in [4.78, 5) is 8.59. The van der Waals surface area contributed by atoms with E-state index in [2.05, 4.69) is 27.5 Å². The molecule has 112 valence electrons. The van der Waals surface area contributed by atoms with Gasteiger partial charge in [0.25, 0.3) is 0 Å². The standard InChI is InChI=1S/C15H19ClN4O/c1-4-5-11-14(17-2)18-9-19-15(11)20-13-8-10(21-3)6-7-12(13)16/h6-9H,4-5H2,1-3H3,(H2,17,18,19,20). The van der Waals surface area contributed by atoms with Crippen molar-refractivity contribution in [3.05, 3.63) is 35.1 Å². The molecule has 0 unspecified atom stereocenters. The normalized spacial score (nSPS) is 10.3. The fraction of sp³-hybridized carbons (Fsp3) is 0.333. The van der Waals surface area contributed by atoms with Gasteiger partial charge in [0.2, 0.25) is 0 Å². The molecule has 2 rings (SSSR count). The fourth-order valence-corrected chi connectivity index (χ4v) is 2.24. The van der Waals surface area contributed by atoms with Gasteiger partial charge in [0.05, 0.1) is 17.8 Å². The molecule has 2 aromatic rings. The monoisotopic (exact) mass is 306 g/mol. The van der Waals surface area contributed by atoms with Crippen LogP contribution in [0.3, 0.4) is 0 Å². The molecule has 0 spiro atoms. The number of anilines is 3. The molecule has 0 aliphatic carbocycles. The lowest BCUT2D eigenvalue weighted by Gasteiger charge is -2.15. The molecule has 5 nitrogen and oxygen atoms in total. The highest BCUT2D eigenvalue weighted by Crippen LogP contribution is 2.31. The van der Waals surface area contributed by atoms with Gasteiger partial charge in [-0.15, -0.1) is 0 Å². The molecule has 21 heavy (non-hydrogen) atoms. The van der Waals surface area contributed by atoms with Crippen LogP contribution in [-0.2, 0) is 6.42 Å². The maximum atomic E-state index is 6.23. The van der Waals surface area contributed by atoms with Crippen molar-refractivity contribution in [1.29, 1.82) is 0 Å². The minimum atomic E-state index is 0.614. The molecule has 0 atom stereocenters. The van der Waals surface area contributed by atoms with Gasteiger partial charge in [-0.2, -0.15) is 0 Å². The summed E-state index contributed by atoms with van der Waals surface area (Å²) in [6.45, 7) is 2.12. The second-order valence-electron chi connectivity index (χ2n) is 4.52. The summed E-state index contributed by atoms with van der Waals surface area (Å²) in [6, 6.07) is 5.46. The van der Waals surface area contributed by atoms with Crippen molar-refractivity contribution in [3.63, 3.8) is 0 Å². The third-order valence-electron chi connectivity index (χ3n) is 3.11. The van der Waals surface area contributed by atoms with Gasteiger partial charge in [-0.05, 0) is 18.6 Å². The average molecular weight is 307 g/mol. The molecule has 0 aliphatic rings. The highest BCUT2D eigenvalue weighted by Gasteiger charge is 2.12. The van der Waals surface area contributed by atoms with E-state index < -0.39 is 0 Å². The van der Waals surface area contributed by atoms with Crippen LogP contribution < -0.4 is 15.4 Å². The van der Waals surface area contributed by atoms with Crippen molar-refractivity contribution in [3.8, 4) is 5.75 Å². The van der Waals surface area contributed by atoms with E-state index in [1.165, 1.54) is 6.33 Å². The fourth-order valence-electron chi connectivity index (χ4n) is 2.08. The Morgan fingerprint density at radius 2 is 2.00 bits per heavy atom. The maximum absolute atomic E-state index is 6.23. The molecule has 1 aromatic heterocycles. The topological polar surface area (TPSA) is 59.1 Å². The van der Waals surface area contributed by atoms with Crippen molar-refractivity contribution in [2.24, 2.45) is 0 Å². The molecule has 0 saturated carbocycles. The van der Waals surface area contributed by atoms with Crippen molar-refractivity contribution in [2.45, 2.75) is 19.8 Å². The third-order valence-corrected chi connectivity index (χ3v) is 3.44. The quantitative estimate of drug-likeness (QED) is 0.848. The van der Waals surface area contributed by atoms with Crippen LogP contribution in [-0.4, -0.2) is 24.1 Å². The Balaban J connectivity index is 2.39. The van der Waals surface area contributed by atoms with Crippen LogP contribution in [0.25, 0.3) is 0 Å². The van der Waals surface area contributed by atoms with Crippen LogP contribution >= 0.6 is 11.6 Å². The van der Waals surface area contributed by atoms with Gasteiger partial charge >= 0.3 is 0 Å². The SMILES string of the molecule is CCCc1c(NC)ncnc1Nc1cc(OC)ccc1Cl. The third kappa shape index (κ3) is 3.55. The van der Waals surface area contributed by atoms with Crippen LogP contribution in [0.1, 0.15) is 18.9 Å². The van der Waals surface area contributed by atoms with Gasteiger partial charge in [-0.3, -0.25) is 0 Å². The molecule has 0 aliphatic heterocycles. The number of halogens is 1. The number of benzene rings is 1. The molecule has 6 heteroatoms. The van der Waals surface area contributed by atoms with E-state index in [0.717, 1.165) is 41.5 Å². The smallest absolute Gasteiger partial charge is 0.139 e. The Hall–Kier alpha value is -2.01. The van der Waals surface area contributed by atoms with E-state index in [-0.39, 0.29) is 0 Å². The Morgan fingerprint density at radius 1 is 1.24 bits per heavy atom. The Bertz CT molecular complexity index is 619. The molecule has 1 aromatic carbocycles. The highest BCUT2D eigenvalue weighted by molar-refractivity contribution is 6.33. The number of hydrogen-bond donors (Lipinski definition) is 2. The predicted octanol–water partition coefficient (Wildman–Crippen LogP) is 3.88. The van der Waals surface area contributed by atoms with Gasteiger partial charge in [0.1, 0.15) is 23.7 Å². The number of nitrogens with zero attached hydrogens (tertiary/aromatic N) is 2. The number of ether oxygens (including phenoxy) is 1. The van der Waals surface area contributed by atoms with Gasteiger partial charge in [0.15, 0.2) is 0 Å². The molecule has 0 radical (unpaired) electrons. The number of hydrogen-bond acceptors (Lipinski definition) is 5. The Kier molecular flexibility index (Phi) is 5.22. The van der Waals surface area contributed by atoms with Crippen LogP contribution in [0.2, 0.25) is 5.02 Å². The summed E-state index contributed by atoms with van der Waals surface area (Å²) < 4.78 is 5.23. The van der Waals surface area contributed by atoms with Crippen LogP contribution in [0.5, 0.6) is 5.75 Å². The van der Waals surface area contributed by atoms with Crippen molar-refractivity contribution in [1.82, 2.24) is 9.97 Å². The zero-order chi connectivity index (χ0) is 15.2. The first-order valence-electron chi connectivity index (χ1n) is 6.81. The molecular formula is C15H19ClN4O. The Labute approximate surface area is 129 Å². The molecule has 0 saturated heterocycles. The van der Waals surface area contributed by atoms with E-state index >= 15 is 0 Å².